The summed E-state index contributed by atoms with van der Waals surface area (Å²) in [5.41, 5.74) is 11.8. The van der Waals surface area contributed by atoms with Gasteiger partial charge in [0.2, 0.25) is 23.5 Å². The summed E-state index contributed by atoms with van der Waals surface area (Å²) in [4.78, 5) is 103. The molecule has 3 aliphatic rings. The minimum Gasteiger partial charge on any atom is -0.439 e. The molecule has 1 fully saturated rings. The summed E-state index contributed by atoms with van der Waals surface area (Å²) in [6.45, 7) is 8.78. The average Bonchev–Trinajstić information content (AvgIpc) is 3.49. The molecule has 0 aromatic carbocycles. The molecule has 0 spiro atoms. The van der Waals surface area contributed by atoms with Gasteiger partial charge in [0.05, 0.1) is 29.2 Å². The van der Waals surface area contributed by atoms with Gasteiger partial charge < -0.3 is 46.7 Å². The van der Waals surface area contributed by atoms with Crippen molar-refractivity contribution >= 4 is 58.8 Å². The van der Waals surface area contributed by atoms with Crippen LogP contribution < -0.4 is 27.4 Å². The number of primary amides is 1. The molecule has 9 atom stereocenters. The molecular formula is C43H62N6O12S. The Kier molecular flexibility index (Phi) is 20.6. The van der Waals surface area contributed by atoms with Crippen molar-refractivity contribution in [3.63, 3.8) is 0 Å². The third kappa shape index (κ3) is 14.9. The second-order valence-electron chi connectivity index (χ2n) is 15.7. The molecule has 0 aromatic rings. The number of nitrogens with one attached hydrogen (secondary N) is 3. The monoisotopic (exact) mass is 886 g/mol. The van der Waals surface area contributed by atoms with E-state index in [-0.39, 0.29) is 91.4 Å². The molecule has 2 heterocycles. The molecule has 1 saturated heterocycles. The third-order valence-electron chi connectivity index (χ3n) is 10.9. The van der Waals surface area contributed by atoms with Gasteiger partial charge in [0.25, 0.3) is 5.91 Å². The maximum absolute atomic E-state index is 14.0. The van der Waals surface area contributed by atoms with E-state index in [9.17, 15) is 43.5 Å². The first-order valence-electron chi connectivity index (χ1n) is 20.6. The van der Waals surface area contributed by atoms with Crippen LogP contribution in [0, 0.1) is 11.8 Å². The number of Topliss-reactive ketones (excluding diaryl/α,β-unsaturated/α-hetero) is 2. The van der Waals surface area contributed by atoms with Gasteiger partial charge in [-0.25, -0.2) is 4.79 Å². The number of nitrogens with two attached hydrogens (primary N) is 2. The minimum atomic E-state index is -1.09. The van der Waals surface area contributed by atoms with Gasteiger partial charge in [-0.3, -0.25) is 38.5 Å². The number of thioether (sulfide) groups is 1. The maximum Gasteiger partial charge on any atom is 0.405 e. The van der Waals surface area contributed by atoms with Crippen molar-refractivity contribution in [1.82, 2.24) is 20.9 Å². The number of carbonyl (C=O) groups is 8. The number of likely N-dealkylation sites (tertiary alicyclic amines) is 1. The number of fused-ring (bicyclic) bond motifs is 2. The number of hydrogen-bond donors (Lipinski definition) is 6. The topological polar surface area (TPSA) is 276 Å². The molecular weight excluding hydrogens is 825 g/mol. The lowest BCUT2D eigenvalue weighted by atomic mass is 9.82. The molecule has 62 heavy (non-hydrogen) atoms. The summed E-state index contributed by atoms with van der Waals surface area (Å²) in [6.07, 6.45) is 4.74. The molecule has 0 aromatic heterocycles. The lowest BCUT2D eigenvalue weighted by molar-refractivity contribution is -0.138. The van der Waals surface area contributed by atoms with Gasteiger partial charge in [0.1, 0.15) is 11.9 Å². The number of aliphatic hydroxyl groups is 1. The van der Waals surface area contributed by atoms with Crippen molar-refractivity contribution in [1.29, 1.82) is 0 Å². The zero-order valence-corrected chi connectivity index (χ0v) is 37.3. The van der Waals surface area contributed by atoms with E-state index in [1.54, 1.807) is 26.0 Å². The normalized spacial score (nSPS) is 29.4. The Morgan fingerprint density at radius 1 is 1.05 bits per heavy atom. The predicted octanol–water partition coefficient (Wildman–Crippen LogP) is 1.07. The molecule has 1 aliphatic carbocycles. The highest BCUT2D eigenvalue weighted by molar-refractivity contribution is 8.00. The van der Waals surface area contributed by atoms with Crippen molar-refractivity contribution in [2.45, 2.75) is 108 Å². The highest BCUT2D eigenvalue weighted by Crippen LogP contribution is 2.29. The Bertz CT molecular complexity index is 1860. The van der Waals surface area contributed by atoms with Crippen LogP contribution in [0.25, 0.3) is 0 Å². The Morgan fingerprint density at radius 2 is 1.76 bits per heavy atom. The molecule has 19 heteroatoms. The lowest BCUT2D eigenvalue weighted by Gasteiger charge is -2.33. The number of hydrogen-bond acceptors (Lipinski definition) is 15. The summed E-state index contributed by atoms with van der Waals surface area (Å²) < 4.78 is 16.8. The lowest BCUT2D eigenvalue weighted by Crippen LogP contribution is -2.46. The number of ketones is 3. The Hall–Kier alpha value is -4.79. The fourth-order valence-electron chi connectivity index (χ4n) is 7.26. The van der Waals surface area contributed by atoms with Gasteiger partial charge in [0, 0.05) is 75.1 Å². The van der Waals surface area contributed by atoms with Crippen LogP contribution in [0.15, 0.2) is 58.9 Å². The number of rotatable bonds is 16. The number of carbonyl (C=O) groups excluding carboxylic acids is 8. The van der Waals surface area contributed by atoms with Gasteiger partial charge in [-0.2, -0.15) is 0 Å². The molecule has 0 saturated carbocycles. The second-order valence-corrected chi connectivity index (χ2v) is 17.0. The van der Waals surface area contributed by atoms with E-state index in [4.69, 9.17) is 25.7 Å². The average molecular weight is 887 g/mol. The van der Waals surface area contributed by atoms with Crippen LogP contribution in [-0.4, -0.2) is 138 Å². The van der Waals surface area contributed by atoms with Crippen molar-refractivity contribution in [3.05, 3.63) is 58.9 Å². The fourth-order valence-corrected chi connectivity index (χ4v) is 8.46. The fraction of sp³-hybridized carbons (Fsp3) is 0.581. The van der Waals surface area contributed by atoms with E-state index in [1.165, 1.54) is 58.1 Å². The van der Waals surface area contributed by atoms with Crippen LogP contribution >= 0.6 is 11.8 Å². The first-order valence-corrected chi connectivity index (χ1v) is 21.6. The molecule has 9 unspecified atom stereocenters. The molecule has 3 rings (SSSR count). The number of amides is 5. The van der Waals surface area contributed by atoms with Crippen molar-refractivity contribution in [2.75, 3.05) is 39.6 Å². The van der Waals surface area contributed by atoms with Gasteiger partial charge in [0.15, 0.2) is 11.9 Å². The zero-order valence-electron chi connectivity index (χ0n) is 36.5. The first kappa shape index (κ1) is 51.6. The minimum absolute atomic E-state index is 0.0130. The summed E-state index contributed by atoms with van der Waals surface area (Å²) in [7, 11) is 2.85. The molecule has 5 amide bonds. The van der Waals surface area contributed by atoms with E-state index in [0.717, 1.165) is 11.0 Å². The molecule has 2 aliphatic heterocycles. The van der Waals surface area contributed by atoms with Gasteiger partial charge in [-0.15, -0.1) is 11.8 Å². The summed E-state index contributed by atoms with van der Waals surface area (Å²) in [5.74, 6) is -3.69. The summed E-state index contributed by atoms with van der Waals surface area (Å²) in [6, 6.07) is -1.49. The standard InChI is InChI=1S/C43H62N6O12S/c1-23-11-8-12-32(59-6)40(61-43(45)58)26(4)17-25(3)38(54)33(60-7)18-24(2)37(29-19-28(51)20-31(39(29)55)48-41(23)56)47-15-10-14-46-35(52)13-9-16-49-36(53)21-34(42(49)57)62-22-30(44)27(5)50/h8,11-12,17,19-20,24-25,30,32-34,37-38,40,47,54H,9-10,13-16,18,21-22,44H2,1-7H3,(H2,45,58)(H,46,52)(H,48,56)/b12-8-,23-11+,26-17+. The van der Waals surface area contributed by atoms with E-state index < -0.39 is 77.2 Å². The summed E-state index contributed by atoms with van der Waals surface area (Å²) in [5, 5.41) is 19.7. The van der Waals surface area contributed by atoms with Crippen LogP contribution in [0.5, 0.6) is 0 Å². The number of ether oxygens (including phenoxy) is 3. The van der Waals surface area contributed by atoms with E-state index in [0.29, 0.717) is 12.0 Å². The maximum atomic E-state index is 14.0. The number of methoxy groups -OCH3 is 2. The molecule has 2 bridgehead atoms. The number of nitrogens with zero attached hydrogens (tertiary/aromatic N) is 1. The second kappa shape index (κ2) is 24.7. The van der Waals surface area contributed by atoms with Crippen molar-refractivity contribution in [3.8, 4) is 0 Å². The SMILES string of the molecule is COC1/C=C\C=C(/C)C(=O)NC2=CC(=O)C=C(C2=O)C(NCCCNC(=O)CCCN2C(=O)CC(SCC(N)C(C)=O)C2=O)C(C)CC(OC)C(O)C(C)/C=C(\C)C1OC(N)=O. The Balaban J connectivity index is 1.74. The Labute approximate surface area is 366 Å². The van der Waals surface area contributed by atoms with Gasteiger partial charge in [-0.05, 0) is 64.1 Å². The molecule has 18 nitrogen and oxygen atoms in total. The van der Waals surface area contributed by atoms with Gasteiger partial charge in [-0.1, -0.05) is 38.2 Å². The van der Waals surface area contributed by atoms with Crippen LogP contribution in [-0.2, 0) is 47.8 Å². The summed E-state index contributed by atoms with van der Waals surface area (Å²) >= 11 is 1.18. The smallest absolute Gasteiger partial charge is 0.405 e. The highest BCUT2D eigenvalue weighted by atomic mass is 32.2. The number of imide groups is 1. The van der Waals surface area contributed by atoms with Crippen LogP contribution in [0.1, 0.15) is 66.7 Å². The van der Waals surface area contributed by atoms with Gasteiger partial charge >= 0.3 is 6.09 Å². The Morgan fingerprint density at radius 3 is 2.40 bits per heavy atom. The number of aliphatic hydroxyl groups excluding tert-OH is 1. The highest BCUT2D eigenvalue weighted by Gasteiger charge is 2.39. The first-order chi connectivity index (χ1) is 29.3. The van der Waals surface area contributed by atoms with Crippen LogP contribution in [0.3, 0.4) is 0 Å². The molecule has 8 N–H and O–H groups in total. The predicted molar refractivity (Wildman–Crippen MR) is 231 cm³/mol. The van der Waals surface area contributed by atoms with E-state index in [1.807, 2.05) is 6.92 Å². The largest absolute Gasteiger partial charge is 0.439 e. The van der Waals surface area contributed by atoms with E-state index in [2.05, 4.69) is 16.0 Å². The van der Waals surface area contributed by atoms with Crippen LogP contribution in [0.2, 0.25) is 0 Å². The van der Waals surface area contributed by atoms with E-state index >= 15 is 0 Å². The quantitative estimate of drug-likeness (QED) is 0.0548. The van der Waals surface area contributed by atoms with Crippen LogP contribution in [0.4, 0.5) is 4.79 Å². The van der Waals surface area contributed by atoms with Crippen molar-refractivity contribution < 1.29 is 57.7 Å². The number of allylic oxidation sites excluding steroid dienone is 5. The molecule has 342 valence electrons. The van der Waals surface area contributed by atoms with Crippen molar-refractivity contribution in [2.24, 2.45) is 23.3 Å². The molecule has 0 radical (unpaired) electrons. The third-order valence-corrected chi connectivity index (χ3v) is 12.2. The zero-order chi connectivity index (χ0) is 46.3.